The Kier molecular flexibility index (Phi) is 11.1. The number of nitrogens with one attached hydrogen (secondary N) is 1. The largest absolute Gasteiger partial charge is 0.308 e. The maximum absolute atomic E-state index is 3.71. The molecule has 0 aliphatic rings. The zero-order valence-electron chi connectivity index (χ0n) is 15.9. The van der Waals surface area contributed by atoms with Crippen LogP contribution >= 0.6 is 0 Å². The number of benzene rings is 1. The predicted molar refractivity (Wildman–Crippen MR) is 104 cm³/mol. The number of unbranched alkanes of at least 4 members (excludes halogenated alkanes) is 10. The molecule has 1 heteroatoms. The van der Waals surface area contributed by atoms with Gasteiger partial charge in [-0.15, -0.1) is 0 Å². The zero-order valence-corrected chi connectivity index (χ0v) is 15.9. The molecule has 1 aromatic rings. The molecule has 1 rings (SSSR count). The Bertz CT molecular complexity index is 369. The molecule has 0 saturated carbocycles. The van der Waals surface area contributed by atoms with Crippen molar-refractivity contribution < 1.29 is 0 Å². The second-order valence-electron chi connectivity index (χ2n) is 7.45. The first kappa shape index (κ1) is 20.2. The topological polar surface area (TPSA) is 12.0 Å². The van der Waals surface area contributed by atoms with Crippen molar-refractivity contribution in [2.45, 2.75) is 96.9 Å². The van der Waals surface area contributed by atoms with E-state index in [9.17, 15) is 0 Å². The van der Waals surface area contributed by atoms with Gasteiger partial charge >= 0.3 is 0 Å². The summed E-state index contributed by atoms with van der Waals surface area (Å²) in [4.78, 5) is 0. The molecule has 0 amide bonds. The van der Waals surface area contributed by atoms with Gasteiger partial charge in [-0.1, -0.05) is 101 Å². The summed E-state index contributed by atoms with van der Waals surface area (Å²) >= 11 is 0. The molecule has 1 nitrogen and oxygen atoms in total. The van der Waals surface area contributed by atoms with E-state index in [0.717, 1.165) is 6.54 Å². The van der Waals surface area contributed by atoms with E-state index in [1.807, 2.05) is 0 Å². The van der Waals surface area contributed by atoms with Crippen LogP contribution in [0.15, 0.2) is 30.3 Å². The number of rotatable bonds is 14. The third kappa shape index (κ3) is 9.81. The van der Waals surface area contributed by atoms with Crippen molar-refractivity contribution in [3.8, 4) is 0 Å². The van der Waals surface area contributed by atoms with Gasteiger partial charge in [-0.2, -0.15) is 0 Å². The van der Waals surface area contributed by atoms with Gasteiger partial charge in [-0.25, -0.2) is 0 Å². The fourth-order valence-electron chi connectivity index (χ4n) is 3.15. The second-order valence-corrected chi connectivity index (χ2v) is 7.45. The highest BCUT2D eigenvalue weighted by molar-refractivity contribution is 5.22. The smallest absolute Gasteiger partial charge is 0.0377 e. The highest BCUT2D eigenvalue weighted by Crippen LogP contribution is 2.19. The fraction of sp³-hybridized carbons (Fsp3) is 0.727. The summed E-state index contributed by atoms with van der Waals surface area (Å²) in [6.07, 6.45) is 15.5. The standard InChI is InChI=1S/C22H39N/c1-4-5-6-7-8-9-10-11-12-13-17-20-23-22(2,3)21-18-15-14-16-19-21/h14-16,18-19,23H,4-13,17,20H2,1-3H3. The van der Waals surface area contributed by atoms with Gasteiger partial charge in [0.05, 0.1) is 0 Å². The molecule has 0 atom stereocenters. The van der Waals surface area contributed by atoms with E-state index in [1.54, 1.807) is 0 Å². The maximum atomic E-state index is 3.71. The third-order valence-corrected chi connectivity index (χ3v) is 4.84. The van der Waals surface area contributed by atoms with Crippen LogP contribution in [0.1, 0.15) is 97.0 Å². The van der Waals surface area contributed by atoms with Crippen molar-refractivity contribution in [2.75, 3.05) is 6.54 Å². The fourth-order valence-corrected chi connectivity index (χ4v) is 3.15. The molecule has 1 aromatic carbocycles. The molecule has 0 spiro atoms. The summed E-state index contributed by atoms with van der Waals surface area (Å²) in [7, 11) is 0. The first-order valence-corrected chi connectivity index (χ1v) is 9.97. The predicted octanol–water partition coefficient (Wildman–Crippen LogP) is 6.82. The second kappa shape index (κ2) is 12.6. The van der Waals surface area contributed by atoms with Crippen LogP contribution in [0.5, 0.6) is 0 Å². The van der Waals surface area contributed by atoms with Crippen LogP contribution in [-0.2, 0) is 5.54 Å². The number of hydrogen-bond donors (Lipinski definition) is 1. The normalized spacial score (nSPS) is 11.8. The van der Waals surface area contributed by atoms with Gasteiger partial charge in [0.25, 0.3) is 0 Å². The Morgan fingerprint density at radius 3 is 1.70 bits per heavy atom. The Hall–Kier alpha value is -0.820. The quantitative estimate of drug-likeness (QED) is 0.371. The van der Waals surface area contributed by atoms with Gasteiger partial charge in [0.15, 0.2) is 0 Å². The summed E-state index contributed by atoms with van der Waals surface area (Å²) in [6, 6.07) is 10.8. The Balaban J connectivity index is 1.93. The third-order valence-electron chi connectivity index (χ3n) is 4.84. The van der Waals surface area contributed by atoms with E-state index in [4.69, 9.17) is 0 Å². The van der Waals surface area contributed by atoms with Crippen molar-refractivity contribution in [1.82, 2.24) is 5.32 Å². The molecule has 0 radical (unpaired) electrons. The molecule has 0 heterocycles. The molecule has 0 bridgehead atoms. The van der Waals surface area contributed by atoms with Crippen molar-refractivity contribution in [1.29, 1.82) is 0 Å². The van der Waals surface area contributed by atoms with Crippen LogP contribution in [0, 0.1) is 0 Å². The Labute approximate surface area is 145 Å². The van der Waals surface area contributed by atoms with E-state index in [0.29, 0.717) is 0 Å². The number of hydrogen-bond acceptors (Lipinski definition) is 1. The molecule has 0 fully saturated rings. The minimum Gasteiger partial charge on any atom is -0.308 e. The molecule has 1 N–H and O–H groups in total. The Morgan fingerprint density at radius 2 is 1.17 bits per heavy atom. The van der Waals surface area contributed by atoms with Crippen LogP contribution in [0.2, 0.25) is 0 Å². The molecule has 0 unspecified atom stereocenters. The molecule has 132 valence electrons. The monoisotopic (exact) mass is 317 g/mol. The van der Waals surface area contributed by atoms with Crippen LogP contribution in [-0.4, -0.2) is 6.54 Å². The first-order valence-electron chi connectivity index (χ1n) is 9.97. The van der Waals surface area contributed by atoms with Crippen molar-refractivity contribution in [3.05, 3.63) is 35.9 Å². The van der Waals surface area contributed by atoms with Crippen molar-refractivity contribution in [3.63, 3.8) is 0 Å². The lowest BCUT2D eigenvalue weighted by molar-refractivity contribution is 0.394. The molecule has 0 saturated heterocycles. The van der Waals surface area contributed by atoms with E-state index < -0.39 is 0 Å². The minimum atomic E-state index is 0.0831. The summed E-state index contributed by atoms with van der Waals surface area (Å²) in [6.45, 7) is 7.97. The lowest BCUT2D eigenvalue weighted by Crippen LogP contribution is -2.37. The molecular weight excluding hydrogens is 278 g/mol. The van der Waals surface area contributed by atoms with E-state index >= 15 is 0 Å². The lowest BCUT2D eigenvalue weighted by Gasteiger charge is -2.27. The van der Waals surface area contributed by atoms with Gasteiger partial charge in [0.2, 0.25) is 0 Å². The van der Waals surface area contributed by atoms with Crippen LogP contribution < -0.4 is 5.32 Å². The van der Waals surface area contributed by atoms with Gasteiger partial charge in [0, 0.05) is 5.54 Å². The lowest BCUT2D eigenvalue weighted by atomic mass is 9.94. The summed E-state index contributed by atoms with van der Waals surface area (Å²) in [5, 5.41) is 3.71. The van der Waals surface area contributed by atoms with Gasteiger partial charge in [0.1, 0.15) is 0 Å². The molecule has 0 aromatic heterocycles. The SMILES string of the molecule is CCCCCCCCCCCCCNC(C)(C)c1ccccc1. The van der Waals surface area contributed by atoms with Crippen molar-refractivity contribution in [2.24, 2.45) is 0 Å². The molecule has 0 aliphatic carbocycles. The Morgan fingerprint density at radius 1 is 0.696 bits per heavy atom. The first-order chi connectivity index (χ1) is 11.2. The summed E-state index contributed by atoms with van der Waals surface area (Å²) < 4.78 is 0. The molecule has 23 heavy (non-hydrogen) atoms. The average molecular weight is 318 g/mol. The molecular formula is C22H39N. The van der Waals surface area contributed by atoms with Crippen LogP contribution in [0.3, 0.4) is 0 Å². The summed E-state index contributed by atoms with van der Waals surface area (Å²) in [5.41, 5.74) is 1.46. The zero-order chi connectivity index (χ0) is 16.8. The van der Waals surface area contributed by atoms with Crippen LogP contribution in [0.4, 0.5) is 0 Å². The van der Waals surface area contributed by atoms with Gasteiger partial charge in [-0.3, -0.25) is 0 Å². The van der Waals surface area contributed by atoms with Crippen molar-refractivity contribution >= 4 is 0 Å². The van der Waals surface area contributed by atoms with Gasteiger partial charge in [-0.05, 0) is 32.4 Å². The molecule has 0 aliphatic heterocycles. The summed E-state index contributed by atoms with van der Waals surface area (Å²) in [5.74, 6) is 0. The van der Waals surface area contributed by atoms with Crippen LogP contribution in [0.25, 0.3) is 0 Å². The van der Waals surface area contributed by atoms with E-state index in [1.165, 1.54) is 76.2 Å². The van der Waals surface area contributed by atoms with Gasteiger partial charge < -0.3 is 5.32 Å². The highest BCUT2D eigenvalue weighted by Gasteiger charge is 2.18. The highest BCUT2D eigenvalue weighted by atomic mass is 14.9. The maximum Gasteiger partial charge on any atom is 0.0377 e. The van der Waals surface area contributed by atoms with E-state index in [-0.39, 0.29) is 5.54 Å². The average Bonchev–Trinajstić information content (AvgIpc) is 2.56. The minimum absolute atomic E-state index is 0.0831. The van der Waals surface area contributed by atoms with E-state index in [2.05, 4.69) is 56.4 Å².